The van der Waals surface area contributed by atoms with E-state index in [9.17, 15) is 4.79 Å². The molecule has 3 aliphatic rings. The standard InChI is InChI=1S/C24H33NO3/c1-18(17-28-22-11-9-21(27-2)10-12-22)23-6-4-14-24(23)13-3-5-20-8-7-19(16-26)15-25(20)24/h7,9-12,16,18,20,23H,3-6,8,13-15,17H2,1-2H3/t18-,20+,23+,24+/m0/s1. The summed E-state index contributed by atoms with van der Waals surface area (Å²) >= 11 is 0. The number of piperidine rings is 1. The van der Waals surface area contributed by atoms with Gasteiger partial charge in [0.2, 0.25) is 0 Å². The van der Waals surface area contributed by atoms with Gasteiger partial charge in [0.25, 0.3) is 0 Å². The fourth-order valence-corrected chi connectivity index (χ4v) is 6.05. The van der Waals surface area contributed by atoms with Crippen LogP contribution >= 0.6 is 0 Å². The van der Waals surface area contributed by atoms with E-state index < -0.39 is 0 Å². The predicted octanol–water partition coefficient (Wildman–Crippen LogP) is 4.63. The maximum absolute atomic E-state index is 11.4. The fourth-order valence-electron chi connectivity index (χ4n) is 6.05. The van der Waals surface area contributed by atoms with Crippen LogP contribution in [0.15, 0.2) is 35.9 Å². The summed E-state index contributed by atoms with van der Waals surface area (Å²) in [7, 11) is 1.68. The first-order valence-corrected chi connectivity index (χ1v) is 10.8. The lowest BCUT2D eigenvalue weighted by molar-refractivity contribution is -0.106. The van der Waals surface area contributed by atoms with Crippen molar-refractivity contribution >= 4 is 6.29 Å². The number of aldehydes is 1. The van der Waals surface area contributed by atoms with E-state index in [4.69, 9.17) is 9.47 Å². The van der Waals surface area contributed by atoms with Crippen molar-refractivity contribution in [3.8, 4) is 11.5 Å². The van der Waals surface area contributed by atoms with E-state index in [0.717, 1.165) is 42.9 Å². The summed E-state index contributed by atoms with van der Waals surface area (Å²) in [6.45, 7) is 3.94. The van der Waals surface area contributed by atoms with Crippen molar-refractivity contribution in [2.45, 2.75) is 63.5 Å². The van der Waals surface area contributed by atoms with Crippen LogP contribution in [0.5, 0.6) is 11.5 Å². The van der Waals surface area contributed by atoms with E-state index in [1.54, 1.807) is 7.11 Å². The highest BCUT2D eigenvalue weighted by atomic mass is 16.5. The SMILES string of the molecule is COc1ccc(OC[C@H](C)[C@H]2CCC[C@]23CCC[C@@H]2CC=C(C=O)CN23)cc1. The second-order valence-corrected chi connectivity index (χ2v) is 8.87. The topological polar surface area (TPSA) is 38.8 Å². The predicted molar refractivity (Wildman–Crippen MR) is 111 cm³/mol. The van der Waals surface area contributed by atoms with Crippen molar-refractivity contribution in [1.82, 2.24) is 4.90 Å². The molecule has 0 aromatic heterocycles. The Hall–Kier alpha value is -1.81. The van der Waals surface area contributed by atoms with E-state index in [1.807, 2.05) is 24.3 Å². The third-order valence-electron chi connectivity index (χ3n) is 7.39. The lowest BCUT2D eigenvalue weighted by Crippen LogP contribution is -2.61. The zero-order valence-corrected chi connectivity index (χ0v) is 17.2. The lowest BCUT2D eigenvalue weighted by atomic mass is 9.70. The average Bonchev–Trinajstić information content (AvgIpc) is 3.16. The molecule has 4 atom stereocenters. The number of fused-ring (bicyclic) bond motifs is 2. The molecule has 4 rings (SSSR count). The van der Waals surface area contributed by atoms with E-state index >= 15 is 0 Å². The Morgan fingerprint density at radius 1 is 1.18 bits per heavy atom. The van der Waals surface area contributed by atoms with Gasteiger partial charge in [-0.15, -0.1) is 0 Å². The third-order valence-corrected chi connectivity index (χ3v) is 7.39. The first-order chi connectivity index (χ1) is 13.7. The number of ether oxygens (including phenoxy) is 2. The Labute approximate surface area is 168 Å². The molecule has 1 saturated carbocycles. The van der Waals surface area contributed by atoms with Crippen LogP contribution in [0.25, 0.3) is 0 Å². The zero-order chi connectivity index (χ0) is 19.6. The molecule has 0 amide bonds. The molecule has 1 aromatic rings. The minimum atomic E-state index is 0.258. The van der Waals surface area contributed by atoms with Gasteiger partial charge in [-0.3, -0.25) is 9.69 Å². The number of hydrogen-bond donors (Lipinski definition) is 0. The smallest absolute Gasteiger partial charge is 0.147 e. The van der Waals surface area contributed by atoms with Crippen molar-refractivity contribution in [1.29, 1.82) is 0 Å². The number of carbonyl (C=O) groups is 1. The molecule has 152 valence electrons. The Morgan fingerprint density at radius 2 is 1.89 bits per heavy atom. The highest BCUT2D eigenvalue weighted by Crippen LogP contribution is 2.52. The first-order valence-electron chi connectivity index (χ1n) is 10.8. The minimum Gasteiger partial charge on any atom is -0.497 e. The molecule has 2 heterocycles. The molecule has 4 nitrogen and oxygen atoms in total. The van der Waals surface area contributed by atoms with Crippen molar-refractivity contribution in [2.75, 3.05) is 20.3 Å². The van der Waals surface area contributed by atoms with Crippen LogP contribution in [0, 0.1) is 11.8 Å². The van der Waals surface area contributed by atoms with Gasteiger partial charge < -0.3 is 9.47 Å². The van der Waals surface area contributed by atoms with Crippen LogP contribution < -0.4 is 9.47 Å². The second kappa shape index (κ2) is 8.28. The van der Waals surface area contributed by atoms with E-state index in [2.05, 4.69) is 17.9 Å². The van der Waals surface area contributed by atoms with Crippen LogP contribution in [0.3, 0.4) is 0 Å². The van der Waals surface area contributed by atoms with Gasteiger partial charge >= 0.3 is 0 Å². The highest BCUT2D eigenvalue weighted by Gasteiger charge is 2.52. The molecule has 2 fully saturated rings. The van der Waals surface area contributed by atoms with Gasteiger partial charge in [0, 0.05) is 23.7 Å². The molecular weight excluding hydrogens is 350 g/mol. The number of nitrogens with zero attached hydrogens (tertiary/aromatic N) is 1. The Morgan fingerprint density at radius 3 is 2.61 bits per heavy atom. The van der Waals surface area contributed by atoms with Crippen LogP contribution in [-0.2, 0) is 4.79 Å². The lowest BCUT2D eigenvalue weighted by Gasteiger charge is -2.55. The van der Waals surface area contributed by atoms with Crippen molar-refractivity contribution < 1.29 is 14.3 Å². The molecule has 0 bridgehead atoms. The third kappa shape index (κ3) is 3.59. The summed E-state index contributed by atoms with van der Waals surface area (Å²) in [6.07, 6.45) is 12.0. The molecule has 1 aliphatic carbocycles. The van der Waals surface area contributed by atoms with Crippen LogP contribution in [-0.4, -0.2) is 43.0 Å². The summed E-state index contributed by atoms with van der Waals surface area (Å²) in [5.74, 6) is 2.89. The molecule has 28 heavy (non-hydrogen) atoms. The second-order valence-electron chi connectivity index (χ2n) is 8.87. The van der Waals surface area contributed by atoms with Gasteiger partial charge in [-0.2, -0.15) is 0 Å². The normalized spacial score (nSPS) is 31.1. The molecule has 1 spiro atoms. The minimum absolute atomic E-state index is 0.258. The first kappa shape index (κ1) is 19.5. The van der Waals surface area contributed by atoms with Crippen molar-refractivity contribution in [3.05, 3.63) is 35.9 Å². The highest BCUT2D eigenvalue weighted by molar-refractivity contribution is 5.74. The Balaban J connectivity index is 1.47. The fraction of sp³-hybridized carbons (Fsp3) is 0.625. The van der Waals surface area contributed by atoms with E-state index in [-0.39, 0.29) is 5.54 Å². The Bertz CT molecular complexity index is 713. The summed E-state index contributed by atoms with van der Waals surface area (Å²) in [4.78, 5) is 14.2. The monoisotopic (exact) mass is 383 g/mol. The maximum atomic E-state index is 11.4. The molecule has 4 heteroatoms. The molecule has 0 N–H and O–H groups in total. The molecule has 0 radical (unpaired) electrons. The van der Waals surface area contributed by atoms with Gasteiger partial charge in [-0.05, 0) is 68.2 Å². The van der Waals surface area contributed by atoms with Gasteiger partial charge in [0.05, 0.1) is 13.7 Å². The quantitative estimate of drug-likeness (QED) is 0.671. The average molecular weight is 384 g/mol. The molecular formula is C24H33NO3. The van der Waals surface area contributed by atoms with Crippen molar-refractivity contribution in [3.63, 3.8) is 0 Å². The molecule has 1 saturated heterocycles. The van der Waals surface area contributed by atoms with Gasteiger partial charge in [0.15, 0.2) is 0 Å². The number of carbonyl (C=O) groups excluding carboxylic acids is 1. The summed E-state index contributed by atoms with van der Waals surface area (Å²) in [6, 6.07) is 8.48. The van der Waals surface area contributed by atoms with E-state index in [0.29, 0.717) is 17.9 Å². The van der Waals surface area contributed by atoms with Gasteiger partial charge in [-0.25, -0.2) is 0 Å². The van der Waals surface area contributed by atoms with E-state index in [1.165, 1.54) is 38.5 Å². The molecule has 1 aromatic carbocycles. The molecule has 0 unspecified atom stereocenters. The van der Waals surface area contributed by atoms with Crippen LogP contribution in [0.2, 0.25) is 0 Å². The van der Waals surface area contributed by atoms with Gasteiger partial charge in [0.1, 0.15) is 17.8 Å². The largest absolute Gasteiger partial charge is 0.497 e. The maximum Gasteiger partial charge on any atom is 0.147 e. The number of benzene rings is 1. The number of rotatable bonds is 6. The van der Waals surface area contributed by atoms with Crippen LogP contribution in [0.4, 0.5) is 0 Å². The summed E-state index contributed by atoms with van der Waals surface area (Å²) in [5.41, 5.74) is 1.24. The number of methoxy groups -OCH3 is 1. The summed E-state index contributed by atoms with van der Waals surface area (Å²) < 4.78 is 11.4. The van der Waals surface area contributed by atoms with Gasteiger partial charge in [-0.1, -0.05) is 25.8 Å². The Kier molecular flexibility index (Phi) is 5.77. The zero-order valence-electron chi connectivity index (χ0n) is 17.2. The number of hydrogen-bond acceptors (Lipinski definition) is 4. The summed E-state index contributed by atoms with van der Waals surface area (Å²) in [5, 5.41) is 0. The molecule has 2 aliphatic heterocycles. The van der Waals surface area contributed by atoms with Crippen LogP contribution in [0.1, 0.15) is 51.9 Å². The van der Waals surface area contributed by atoms with Crippen molar-refractivity contribution in [2.24, 2.45) is 11.8 Å².